The summed E-state index contributed by atoms with van der Waals surface area (Å²) in [5, 5.41) is 3.27. The van der Waals surface area contributed by atoms with Crippen LogP contribution in [0.3, 0.4) is 0 Å². The standard InChI is InChI=1S/C17H26N4OS/c22-16(20-8-1-2-9-20)21-10-5-17(14-21)4-3-7-19(13-17)12-15-18-6-11-23-15/h6,11H,1-5,7-10,12-14H2/t17-/m1/s1. The minimum absolute atomic E-state index is 0.288. The Balaban J connectivity index is 1.37. The maximum Gasteiger partial charge on any atom is 0.320 e. The van der Waals surface area contributed by atoms with Gasteiger partial charge in [0.25, 0.3) is 0 Å². The number of likely N-dealkylation sites (tertiary alicyclic amines) is 3. The van der Waals surface area contributed by atoms with E-state index < -0.39 is 0 Å². The van der Waals surface area contributed by atoms with Crippen LogP contribution >= 0.6 is 11.3 Å². The molecule has 0 N–H and O–H groups in total. The number of carbonyl (C=O) groups is 1. The highest BCUT2D eigenvalue weighted by Crippen LogP contribution is 2.39. The number of piperidine rings is 1. The van der Waals surface area contributed by atoms with Crippen LogP contribution in [0, 0.1) is 5.41 Å². The van der Waals surface area contributed by atoms with Crippen LogP contribution in [0.15, 0.2) is 11.6 Å². The number of rotatable bonds is 2. The van der Waals surface area contributed by atoms with Crippen LogP contribution in [0.5, 0.6) is 0 Å². The van der Waals surface area contributed by atoms with E-state index in [1.807, 2.05) is 6.20 Å². The molecule has 3 saturated heterocycles. The summed E-state index contributed by atoms with van der Waals surface area (Å²) in [6, 6.07) is 0.288. The quantitative estimate of drug-likeness (QED) is 0.835. The zero-order valence-corrected chi connectivity index (χ0v) is 14.6. The van der Waals surface area contributed by atoms with Gasteiger partial charge in [0.15, 0.2) is 0 Å². The Morgan fingerprint density at radius 3 is 2.74 bits per heavy atom. The summed E-state index contributed by atoms with van der Waals surface area (Å²) in [4.78, 5) is 23.8. The van der Waals surface area contributed by atoms with Crippen molar-refractivity contribution in [3.63, 3.8) is 0 Å². The van der Waals surface area contributed by atoms with Crippen molar-refractivity contribution in [2.75, 3.05) is 39.3 Å². The zero-order chi connectivity index (χ0) is 15.7. The topological polar surface area (TPSA) is 39.7 Å². The summed E-state index contributed by atoms with van der Waals surface area (Å²) in [5.74, 6) is 0. The molecule has 0 aromatic carbocycles. The summed E-state index contributed by atoms with van der Waals surface area (Å²) >= 11 is 1.75. The van der Waals surface area contributed by atoms with Gasteiger partial charge in [0, 0.05) is 49.7 Å². The van der Waals surface area contributed by atoms with Crippen molar-refractivity contribution in [3.8, 4) is 0 Å². The van der Waals surface area contributed by atoms with Gasteiger partial charge in [-0.2, -0.15) is 0 Å². The second kappa shape index (κ2) is 6.40. The number of aromatic nitrogens is 1. The van der Waals surface area contributed by atoms with E-state index in [0.29, 0.717) is 5.41 Å². The van der Waals surface area contributed by atoms with E-state index in [-0.39, 0.29) is 6.03 Å². The molecule has 23 heavy (non-hydrogen) atoms. The molecule has 3 fully saturated rings. The first-order valence-corrected chi connectivity index (χ1v) is 9.77. The molecule has 1 aromatic rings. The van der Waals surface area contributed by atoms with Crippen LogP contribution in [0.25, 0.3) is 0 Å². The summed E-state index contributed by atoms with van der Waals surface area (Å²) < 4.78 is 0. The third kappa shape index (κ3) is 3.24. The molecule has 1 spiro atoms. The molecular formula is C17H26N4OS. The molecule has 1 aromatic heterocycles. The van der Waals surface area contributed by atoms with Gasteiger partial charge in [-0.3, -0.25) is 4.90 Å². The lowest BCUT2D eigenvalue weighted by atomic mass is 9.79. The summed E-state index contributed by atoms with van der Waals surface area (Å²) in [5.41, 5.74) is 0.324. The maximum atomic E-state index is 12.6. The van der Waals surface area contributed by atoms with Crippen LogP contribution in [0.4, 0.5) is 4.79 Å². The molecular weight excluding hydrogens is 308 g/mol. The first-order chi connectivity index (χ1) is 11.2. The molecule has 1 atom stereocenters. The van der Waals surface area contributed by atoms with Gasteiger partial charge >= 0.3 is 6.03 Å². The average Bonchev–Trinajstić information content (AvgIpc) is 3.28. The molecule has 4 heterocycles. The Morgan fingerprint density at radius 1 is 1.09 bits per heavy atom. The number of carbonyl (C=O) groups excluding carboxylic acids is 1. The molecule has 3 aliphatic heterocycles. The summed E-state index contributed by atoms with van der Waals surface area (Å²) in [6.07, 6.45) is 7.92. The second-order valence-corrected chi connectivity index (χ2v) is 8.37. The van der Waals surface area contributed by atoms with Gasteiger partial charge in [0.1, 0.15) is 5.01 Å². The second-order valence-electron chi connectivity index (χ2n) is 7.39. The monoisotopic (exact) mass is 334 g/mol. The Hall–Kier alpha value is -1.14. The molecule has 0 unspecified atom stereocenters. The maximum absolute atomic E-state index is 12.6. The molecule has 0 saturated carbocycles. The molecule has 2 amide bonds. The van der Waals surface area contributed by atoms with Gasteiger partial charge in [-0.1, -0.05) is 0 Å². The van der Waals surface area contributed by atoms with Crippen LogP contribution < -0.4 is 0 Å². The van der Waals surface area contributed by atoms with Gasteiger partial charge < -0.3 is 9.80 Å². The fraction of sp³-hybridized carbons (Fsp3) is 0.765. The summed E-state index contributed by atoms with van der Waals surface area (Å²) in [6.45, 7) is 7.07. The van der Waals surface area contributed by atoms with Crippen LogP contribution in [0.1, 0.15) is 37.1 Å². The molecule has 5 nitrogen and oxygen atoms in total. The minimum atomic E-state index is 0.288. The third-order valence-corrected chi connectivity index (χ3v) is 6.43. The van der Waals surface area contributed by atoms with Crippen LogP contribution in [-0.2, 0) is 6.54 Å². The van der Waals surface area contributed by atoms with Crippen molar-refractivity contribution < 1.29 is 4.79 Å². The van der Waals surface area contributed by atoms with E-state index in [4.69, 9.17) is 0 Å². The normalized spacial score (nSPS) is 28.9. The highest BCUT2D eigenvalue weighted by atomic mass is 32.1. The third-order valence-electron chi connectivity index (χ3n) is 5.67. The number of amides is 2. The van der Waals surface area contributed by atoms with Crippen molar-refractivity contribution in [3.05, 3.63) is 16.6 Å². The van der Waals surface area contributed by atoms with Crippen molar-refractivity contribution in [1.29, 1.82) is 0 Å². The highest BCUT2D eigenvalue weighted by molar-refractivity contribution is 7.09. The van der Waals surface area contributed by atoms with E-state index in [1.54, 1.807) is 11.3 Å². The molecule has 3 aliphatic rings. The van der Waals surface area contributed by atoms with E-state index >= 15 is 0 Å². The molecule has 0 radical (unpaired) electrons. The van der Waals surface area contributed by atoms with Crippen molar-refractivity contribution in [2.24, 2.45) is 5.41 Å². The van der Waals surface area contributed by atoms with Crippen molar-refractivity contribution in [1.82, 2.24) is 19.7 Å². The predicted molar refractivity (Wildman–Crippen MR) is 91.5 cm³/mol. The molecule has 0 aliphatic carbocycles. The van der Waals surface area contributed by atoms with Crippen molar-refractivity contribution in [2.45, 2.75) is 38.6 Å². The average molecular weight is 334 g/mol. The smallest absolute Gasteiger partial charge is 0.320 e. The Labute approximate surface area is 142 Å². The van der Waals surface area contributed by atoms with E-state index in [9.17, 15) is 4.79 Å². The van der Waals surface area contributed by atoms with Gasteiger partial charge in [-0.25, -0.2) is 9.78 Å². The molecule has 6 heteroatoms. The van der Waals surface area contributed by atoms with Gasteiger partial charge in [0.05, 0.1) is 6.54 Å². The number of urea groups is 1. The van der Waals surface area contributed by atoms with E-state index in [2.05, 4.69) is 25.1 Å². The largest absolute Gasteiger partial charge is 0.325 e. The fourth-order valence-corrected chi connectivity index (χ4v) is 5.16. The lowest BCUT2D eigenvalue weighted by Gasteiger charge is -2.40. The number of thiazole rings is 1. The first kappa shape index (κ1) is 15.4. The molecule has 126 valence electrons. The number of hydrogen-bond acceptors (Lipinski definition) is 4. The fourth-order valence-electron chi connectivity index (χ4n) is 4.51. The van der Waals surface area contributed by atoms with Crippen LogP contribution in [0.2, 0.25) is 0 Å². The SMILES string of the molecule is O=C(N1CCCC1)N1CC[C@@]2(CCCN(Cc3nccs3)C2)C1. The zero-order valence-electron chi connectivity index (χ0n) is 13.7. The lowest BCUT2D eigenvalue weighted by Crippen LogP contribution is -2.46. The molecule has 0 bridgehead atoms. The van der Waals surface area contributed by atoms with E-state index in [1.165, 1.54) is 43.7 Å². The minimum Gasteiger partial charge on any atom is -0.325 e. The van der Waals surface area contributed by atoms with E-state index in [0.717, 1.165) is 39.3 Å². The first-order valence-electron chi connectivity index (χ1n) is 8.89. The summed E-state index contributed by atoms with van der Waals surface area (Å²) in [7, 11) is 0. The predicted octanol–water partition coefficient (Wildman–Crippen LogP) is 2.65. The lowest BCUT2D eigenvalue weighted by molar-refractivity contribution is 0.0873. The van der Waals surface area contributed by atoms with Crippen molar-refractivity contribution >= 4 is 17.4 Å². The Kier molecular flexibility index (Phi) is 4.28. The molecule has 4 rings (SSSR count). The van der Waals surface area contributed by atoms with Gasteiger partial charge in [-0.05, 0) is 38.6 Å². The van der Waals surface area contributed by atoms with Crippen LogP contribution in [-0.4, -0.2) is 65.0 Å². The van der Waals surface area contributed by atoms with Gasteiger partial charge in [0.2, 0.25) is 0 Å². The Morgan fingerprint density at radius 2 is 1.96 bits per heavy atom. The van der Waals surface area contributed by atoms with Gasteiger partial charge in [-0.15, -0.1) is 11.3 Å². The number of hydrogen-bond donors (Lipinski definition) is 0. The number of nitrogens with zero attached hydrogens (tertiary/aromatic N) is 4. The highest BCUT2D eigenvalue weighted by Gasteiger charge is 2.43. The Bertz CT molecular complexity index is 543.